The first-order valence-corrected chi connectivity index (χ1v) is 7.67. The van der Waals surface area contributed by atoms with E-state index < -0.39 is 0 Å². The topological polar surface area (TPSA) is 0 Å². The second kappa shape index (κ2) is 5.32. The van der Waals surface area contributed by atoms with Crippen LogP contribution in [0.2, 0.25) is 0 Å². The van der Waals surface area contributed by atoms with Gasteiger partial charge in [-0.3, -0.25) is 0 Å². The third kappa shape index (κ3) is 3.75. The zero-order valence-corrected chi connectivity index (χ0v) is 15.3. The molecule has 0 unspecified atom stereocenters. The molecule has 0 aromatic heterocycles. The van der Waals surface area contributed by atoms with Crippen LogP contribution in [0.25, 0.3) is 0 Å². The molecule has 110 valence electrons. The Morgan fingerprint density at radius 1 is 0.800 bits per heavy atom. The van der Waals surface area contributed by atoms with E-state index in [1.54, 1.807) is 0 Å². The summed E-state index contributed by atoms with van der Waals surface area (Å²) < 4.78 is 17.5. The van der Waals surface area contributed by atoms with Gasteiger partial charge in [-0.2, -0.15) is 0 Å². The van der Waals surface area contributed by atoms with E-state index in [9.17, 15) is 0 Å². The van der Waals surface area contributed by atoms with Crippen molar-refractivity contribution in [1.82, 2.24) is 0 Å². The molecule has 0 atom stereocenters. The molecule has 0 aliphatic heterocycles. The Bertz CT molecular complexity index is 589. The molecule has 1 aromatic carbocycles. The molecular weight excluding hydrogens is 259 g/mol. The summed E-state index contributed by atoms with van der Waals surface area (Å²) in [5.41, 5.74) is 5.86. The summed E-state index contributed by atoms with van der Waals surface area (Å²) in [6.07, 6.45) is 0. The van der Waals surface area contributed by atoms with Crippen LogP contribution in [-0.4, -0.2) is 0 Å². The summed E-state index contributed by atoms with van der Waals surface area (Å²) in [4.78, 5) is 0. The summed E-state index contributed by atoms with van der Waals surface area (Å²) in [7, 11) is 4.30. The fraction of sp³-hybridized carbons (Fsp3) is 0.632. The molecule has 0 fully saturated rings. The number of hydrogen-bond donors (Lipinski definition) is 0. The third-order valence-electron chi connectivity index (χ3n) is 3.36. The standard InChI is InChI=1S/C19H29P/c1-17(2,3)13-10-15(18(4,5)6)14(12-20)16(11-13)19(7,8)9/h10-11H,1-9H3/i10D,11D. The maximum atomic E-state index is 8.75. The van der Waals surface area contributed by atoms with Crippen molar-refractivity contribution in [3.63, 3.8) is 0 Å². The SMILES string of the molecule is [2H]c1c(C(C)(C)C)c([2H])c(C(C)(C)C)c(C#P)c1C(C)(C)C. The van der Waals surface area contributed by atoms with Gasteiger partial charge in [-0.15, -0.1) is 0 Å². The average molecular weight is 290 g/mol. The molecule has 0 heterocycles. The minimum atomic E-state index is -0.247. The van der Waals surface area contributed by atoms with Crippen molar-refractivity contribution in [3.05, 3.63) is 34.3 Å². The van der Waals surface area contributed by atoms with Crippen LogP contribution < -0.4 is 0 Å². The van der Waals surface area contributed by atoms with E-state index in [-0.39, 0.29) is 16.2 Å². The Balaban J connectivity index is 4.18. The molecule has 0 radical (unpaired) electrons. The van der Waals surface area contributed by atoms with Gasteiger partial charge in [0.1, 0.15) is 0 Å². The Morgan fingerprint density at radius 3 is 1.35 bits per heavy atom. The normalized spacial score (nSPS) is 14.6. The van der Waals surface area contributed by atoms with Gasteiger partial charge in [0.15, 0.2) is 0 Å². The summed E-state index contributed by atoms with van der Waals surface area (Å²) in [5, 5.41) is 0. The van der Waals surface area contributed by atoms with E-state index >= 15 is 0 Å². The summed E-state index contributed by atoms with van der Waals surface area (Å²) in [5.74, 6) is 0. The van der Waals surface area contributed by atoms with Gasteiger partial charge < -0.3 is 0 Å². The molecule has 0 N–H and O–H groups in total. The predicted molar refractivity (Wildman–Crippen MR) is 92.5 cm³/mol. The second-order valence-electron chi connectivity index (χ2n) is 8.61. The fourth-order valence-electron chi connectivity index (χ4n) is 2.14. The van der Waals surface area contributed by atoms with Gasteiger partial charge in [0.25, 0.3) is 0 Å². The number of benzene rings is 1. The van der Waals surface area contributed by atoms with Crippen LogP contribution in [0.3, 0.4) is 0 Å². The van der Waals surface area contributed by atoms with Crippen LogP contribution in [0.5, 0.6) is 0 Å². The first-order valence-electron chi connectivity index (χ1n) is 8.22. The zero-order chi connectivity index (χ0) is 17.7. The molecule has 1 rings (SSSR count). The van der Waals surface area contributed by atoms with Gasteiger partial charge in [-0.1, -0.05) is 0 Å². The molecule has 0 spiro atoms. The van der Waals surface area contributed by atoms with E-state index in [1.165, 1.54) is 0 Å². The Kier molecular flexibility index (Phi) is 3.83. The predicted octanol–water partition coefficient (Wildman–Crippen LogP) is 6.30. The molecule has 1 heteroatoms. The minimum absolute atomic E-state index is 0.199. The van der Waals surface area contributed by atoms with Crippen molar-refractivity contribution >= 4 is 8.70 Å². The van der Waals surface area contributed by atoms with Crippen molar-refractivity contribution in [1.29, 1.82) is 0 Å². The van der Waals surface area contributed by atoms with Crippen molar-refractivity contribution in [3.8, 4) is 5.63 Å². The summed E-state index contributed by atoms with van der Waals surface area (Å²) in [6.45, 7) is 18.9. The van der Waals surface area contributed by atoms with Gasteiger partial charge in [0.2, 0.25) is 0 Å². The first-order chi connectivity index (χ1) is 9.64. The third-order valence-corrected chi connectivity index (χ3v) is 3.59. The Morgan fingerprint density at radius 2 is 1.15 bits per heavy atom. The van der Waals surface area contributed by atoms with Gasteiger partial charge in [0.05, 0.1) is 0 Å². The van der Waals surface area contributed by atoms with Crippen LogP contribution in [0.4, 0.5) is 0 Å². The van der Waals surface area contributed by atoms with Gasteiger partial charge >= 0.3 is 130 Å². The summed E-state index contributed by atoms with van der Waals surface area (Å²) in [6, 6.07) is 0.934. The van der Waals surface area contributed by atoms with E-state index in [0.717, 1.165) is 22.3 Å². The molecular formula is C19H29P. The molecule has 0 saturated carbocycles. The molecule has 0 bridgehead atoms. The van der Waals surface area contributed by atoms with Crippen LogP contribution >= 0.6 is 8.70 Å². The average Bonchev–Trinajstić information content (AvgIpc) is 2.21. The van der Waals surface area contributed by atoms with Crippen LogP contribution in [0, 0.1) is 5.63 Å². The van der Waals surface area contributed by atoms with Gasteiger partial charge in [0, 0.05) is 0 Å². The van der Waals surface area contributed by atoms with Crippen LogP contribution in [0.15, 0.2) is 12.1 Å². The molecule has 0 amide bonds. The van der Waals surface area contributed by atoms with E-state index in [2.05, 4.69) is 76.6 Å². The molecule has 0 saturated heterocycles. The molecule has 0 aliphatic carbocycles. The van der Waals surface area contributed by atoms with Crippen molar-refractivity contribution < 1.29 is 2.74 Å². The van der Waals surface area contributed by atoms with E-state index in [4.69, 9.17) is 2.74 Å². The zero-order valence-electron chi connectivity index (χ0n) is 16.4. The Labute approximate surface area is 130 Å². The van der Waals surface area contributed by atoms with E-state index in [0.29, 0.717) is 12.1 Å². The number of rotatable bonds is 0. The second-order valence-corrected chi connectivity index (χ2v) is 8.84. The van der Waals surface area contributed by atoms with Crippen molar-refractivity contribution in [2.45, 2.75) is 78.6 Å². The summed E-state index contributed by atoms with van der Waals surface area (Å²) >= 11 is 0. The van der Waals surface area contributed by atoms with E-state index in [1.807, 2.05) is 0 Å². The molecule has 20 heavy (non-hydrogen) atoms. The quantitative estimate of drug-likeness (QED) is 0.492. The van der Waals surface area contributed by atoms with Gasteiger partial charge in [-0.05, 0) is 0 Å². The Hall–Kier alpha value is -0.570. The first kappa shape index (κ1) is 14.4. The fourth-order valence-corrected chi connectivity index (χ4v) is 2.37. The molecule has 0 aliphatic rings. The van der Waals surface area contributed by atoms with Crippen LogP contribution in [0.1, 0.15) is 87.3 Å². The van der Waals surface area contributed by atoms with Crippen molar-refractivity contribution in [2.24, 2.45) is 0 Å². The molecule has 1 aromatic rings. The van der Waals surface area contributed by atoms with Gasteiger partial charge in [-0.25, -0.2) is 0 Å². The number of hydrogen-bond acceptors (Lipinski definition) is 0. The molecule has 0 nitrogen and oxygen atoms in total. The maximum absolute atomic E-state index is 8.75. The van der Waals surface area contributed by atoms with Crippen molar-refractivity contribution in [2.75, 3.05) is 0 Å². The monoisotopic (exact) mass is 290 g/mol. The van der Waals surface area contributed by atoms with Crippen LogP contribution in [-0.2, 0) is 16.2 Å².